The molecule has 0 aromatic heterocycles. The van der Waals surface area contributed by atoms with Gasteiger partial charge in [0.25, 0.3) is 0 Å². The Balaban J connectivity index is 2.75. The molecule has 1 atom stereocenters. The van der Waals surface area contributed by atoms with Gasteiger partial charge >= 0.3 is 11.9 Å². The lowest BCUT2D eigenvalue weighted by atomic mass is 9.81. The first kappa shape index (κ1) is 15.7. The van der Waals surface area contributed by atoms with Crippen molar-refractivity contribution in [2.24, 2.45) is 5.41 Å². The van der Waals surface area contributed by atoms with Crippen LogP contribution in [0.3, 0.4) is 0 Å². The molecule has 0 amide bonds. The van der Waals surface area contributed by atoms with Crippen molar-refractivity contribution in [3.05, 3.63) is 34.3 Å². The molecule has 1 aromatic rings. The number of carbonyl (C=O) groups excluding carboxylic acids is 1. The Morgan fingerprint density at radius 2 is 1.89 bits per heavy atom. The van der Waals surface area contributed by atoms with E-state index in [9.17, 15) is 9.59 Å². The van der Waals surface area contributed by atoms with E-state index in [1.165, 1.54) is 7.11 Å². The standard InChI is InChI=1S/C14H17BrO4/c1-14(9-12(16)17,13(18)19-2)8-7-10-3-5-11(15)6-4-10/h3-6H,7-9H2,1-2H3,(H,16,17). The molecule has 1 rings (SSSR count). The number of benzene rings is 1. The fourth-order valence-corrected chi connectivity index (χ4v) is 2.18. The normalized spacial score (nSPS) is 13.6. The van der Waals surface area contributed by atoms with Gasteiger partial charge in [0, 0.05) is 4.47 Å². The average Bonchev–Trinajstić information content (AvgIpc) is 2.36. The molecule has 1 N–H and O–H groups in total. The average molecular weight is 329 g/mol. The number of ether oxygens (including phenoxy) is 1. The van der Waals surface area contributed by atoms with Gasteiger partial charge in [0.15, 0.2) is 0 Å². The Morgan fingerprint density at radius 3 is 2.37 bits per heavy atom. The van der Waals surface area contributed by atoms with E-state index >= 15 is 0 Å². The second-order valence-electron chi connectivity index (χ2n) is 4.75. The number of hydrogen-bond donors (Lipinski definition) is 1. The van der Waals surface area contributed by atoms with Gasteiger partial charge in [0.1, 0.15) is 0 Å². The van der Waals surface area contributed by atoms with Crippen LogP contribution in [0.1, 0.15) is 25.3 Å². The minimum atomic E-state index is -0.997. The molecule has 0 bridgehead atoms. The van der Waals surface area contributed by atoms with Gasteiger partial charge in [-0.2, -0.15) is 0 Å². The van der Waals surface area contributed by atoms with Crippen LogP contribution in [0.5, 0.6) is 0 Å². The van der Waals surface area contributed by atoms with Crippen LogP contribution in [0.4, 0.5) is 0 Å². The zero-order valence-corrected chi connectivity index (χ0v) is 12.6. The first-order valence-electron chi connectivity index (χ1n) is 5.92. The maximum absolute atomic E-state index is 11.8. The van der Waals surface area contributed by atoms with Crippen molar-refractivity contribution in [2.75, 3.05) is 7.11 Å². The number of aryl methyl sites for hydroxylation is 1. The Bertz CT molecular complexity index is 455. The van der Waals surface area contributed by atoms with Crippen molar-refractivity contribution in [3.8, 4) is 0 Å². The summed E-state index contributed by atoms with van der Waals surface area (Å²) in [5.74, 6) is -1.48. The van der Waals surface area contributed by atoms with Crippen LogP contribution in [0.15, 0.2) is 28.7 Å². The molecule has 104 valence electrons. The van der Waals surface area contributed by atoms with Gasteiger partial charge in [-0.05, 0) is 37.5 Å². The molecule has 1 unspecified atom stereocenters. The number of aliphatic carboxylic acids is 1. The van der Waals surface area contributed by atoms with Crippen LogP contribution in [-0.4, -0.2) is 24.2 Å². The van der Waals surface area contributed by atoms with Crippen LogP contribution in [0.2, 0.25) is 0 Å². The van der Waals surface area contributed by atoms with Gasteiger partial charge in [-0.1, -0.05) is 28.1 Å². The van der Waals surface area contributed by atoms with Gasteiger partial charge in [-0.3, -0.25) is 9.59 Å². The van der Waals surface area contributed by atoms with Gasteiger partial charge in [0.2, 0.25) is 0 Å². The van der Waals surface area contributed by atoms with E-state index in [2.05, 4.69) is 15.9 Å². The van der Waals surface area contributed by atoms with E-state index in [0.717, 1.165) is 10.0 Å². The van der Waals surface area contributed by atoms with Gasteiger partial charge < -0.3 is 9.84 Å². The molecule has 0 saturated carbocycles. The Morgan fingerprint density at radius 1 is 1.32 bits per heavy atom. The van der Waals surface area contributed by atoms with Crippen molar-refractivity contribution in [1.29, 1.82) is 0 Å². The highest BCUT2D eigenvalue weighted by Gasteiger charge is 2.36. The molecule has 0 aliphatic heterocycles. The first-order valence-corrected chi connectivity index (χ1v) is 6.71. The number of rotatable bonds is 6. The molecule has 0 heterocycles. The van der Waals surface area contributed by atoms with Gasteiger partial charge in [-0.15, -0.1) is 0 Å². The number of carbonyl (C=O) groups is 2. The molecule has 5 heteroatoms. The molecule has 0 spiro atoms. The fraction of sp³-hybridized carbons (Fsp3) is 0.429. The minimum absolute atomic E-state index is 0.226. The first-order chi connectivity index (χ1) is 8.87. The van der Waals surface area contributed by atoms with E-state index in [1.54, 1.807) is 6.92 Å². The van der Waals surface area contributed by atoms with Crippen molar-refractivity contribution in [3.63, 3.8) is 0 Å². The van der Waals surface area contributed by atoms with E-state index in [0.29, 0.717) is 12.8 Å². The highest BCUT2D eigenvalue weighted by Crippen LogP contribution is 2.29. The van der Waals surface area contributed by atoms with E-state index in [1.807, 2.05) is 24.3 Å². The summed E-state index contributed by atoms with van der Waals surface area (Å²) in [5.41, 5.74) is 0.0666. The smallest absolute Gasteiger partial charge is 0.312 e. The SMILES string of the molecule is COC(=O)C(C)(CCc1ccc(Br)cc1)CC(=O)O. The Hall–Kier alpha value is -1.36. The third kappa shape index (κ3) is 4.67. The molecular weight excluding hydrogens is 312 g/mol. The largest absolute Gasteiger partial charge is 0.481 e. The zero-order valence-electron chi connectivity index (χ0n) is 11.0. The van der Waals surface area contributed by atoms with Gasteiger partial charge in [0.05, 0.1) is 18.9 Å². The highest BCUT2D eigenvalue weighted by molar-refractivity contribution is 9.10. The molecule has 0 saturated heterocycles. The topological polar surface area (TPSA) is 63.6 Å². The molecule has 19 heavy (non-hydrogen) atoms. The molecular formula is C14H17BrO4. The lowest BCUT2D eigenvalue weighted by molar-refractivity contribution is -0.157. The summed E-state index contributed by atoms with van der Waals surface area (Å²) < 4.78 is 5.70. The van der Waals surface area contributed by atoms with Crippen molar-refractivity contribution >= 4 is 27.9 Å². The number of carboxylic acids is 1. The van der Waals surface area contributed by atoms with E-state index in [-0.39, 0.29) is 6.42 Å². The predicted molar refractivity (Wildman–Crippen MR) is 74.8 cm³/mol. The van der Waals surface area contributed by atoms with Crippen molar-refractivity contribution in [2.45, 2.75) is 26.2 Å². The van der Waals surface area contributed by atoms with Crippen LogP contribution in [0, 0.1) is 5.41 Å². The third-order valence-corrected chi connectivity index (χ3v) is 3.63. The van der Waals surface area contributed by atoms with Crippen LogP contribution < -0.4 is 0 Å². The molecule has 0 fully saturated rings. The lowest BCUT2D eigenvalue weighted by Gasteiger charge is -2.24. The summed E-state index contributed by atoms with van der Waals surface area (Å²) in [4.78, 5) is 22.6. The second kappa shape index (κ2) is 6.70. The zero-order chi connectivity index (χ0) is 14.5. The molecule has 1 aromatic carbocycles. The third-order valence-electron chi connectivity index (χ3n) is 3.10. The molecule has 0 radical (unpaired) electrons. The second-order valence-corrected chi connectivity index (χ2v) is 5.66. The fourth-order valence-electron chi connectivity index (χ4n) is 1.91. The molecule has 0 aliphatic rings. The summed E-state index contributed by atoms with van der Waals surface area (Å²) in [7, 11) is 1.28. The molecule has 0 aliphatic carbocycles. The van der Waals surface area contributed by atoms with E-state index < -0.39 is 17.4 Å². The number of esters is 1. The Kier molecular flexibility index (Phi) is 5.54. The van der Waals surface area contributed by atoms with Crippen molar-refractivity contribution in [1.82, 2.24) is 0 Å². The maximum Gasteiger partial charge on any atom is 0.312 e. The Labute approximate surface area is 120 Å². The minimum Gasteiger partial charge on any atom is -0.481 e. The van der Waals surface area contributed by atoms with E-state index in [4.69, 9.17) is 9.84 Å². The monoisotopic (exact) mass is 328 g/mol. The quantitative estimate of drug-likeness (QED) is 0.815. The van der Waals surface area contributed by atoms with Crippen LogP contribution in [0.25, 0.3) is 0 Å². The highest BCUT2D eigenvalue weighted by atomic mass is 79.9. The summed E-state index contributed by atoms with van der Waals surface area (Å²) in [6, 6.07) is 7.73. The summed E-state index contributed by atoms with van der Waals surface area (Å²) >= 11 is 3.35. The summed E-state index contributed by atoms with van der Waals surface area (Å²) in [5, 5.41) is 8.91. The predicted octanol–water partition coefficient (Wildman–Crippen LogP) is 3.04. The summed E-state index contributed by atoms with van der Waals surface area (Å²) in [6.07, 6.45) is 0.843. The molecule has 4 nitrogen and oxygen atoms in total. The number of hydrogen-bond acceptors (Lipinski definition) is 3. The maximum atomic E-state index is 11.8. The number of methoxy groups -OCH3 is 1. The number of halogens is 1. The number of carboxylic acid groups (broad SMARTS) is 1. The van der Waals surface area contributed by atoms with Crippen molar-refractivity contribution < 1.29 is 19.4 Å². The van der Waals surface area contributed by atoms with Crippen LogP contribution in [-0.2, 0) is 20.7 Å². The lowest BCUT2D eigenvalue weighted by Crippen LogP contribution is -2.32. The van der Waals surface area contributed by atoms with Gasteiger partial charge in [-0.25, -0.2) is 0 Å². The van der Waals surface area contributed by atoms with Crippen LogP contribution >= 0.6 is 15.9 Å². The summed E-state index contributed by atoms with van der Waals surface area (Å²) in [6.45, 7) is 1.63.